The molecule has 1 unspecified atom stereocenters. The molecular formula is C8H16ClNS. The highest BCUT2D eigenvalue weighted by atomic mass is 35.5. The van der Waals surface area contributed by atoms with E-state index in [1.54, 1.807) is 0 Å². The second kappa shape index (κ2) is 4.58. The zero-order valence-corrected chi connectivity index (χ0v) is 8.79. The minimum atomic E-state index is 0.607. The van der Waals surface area contributed by atoms with Gasteiger partial charge in [-0.1, -0.05) is 0 Å². The summed E-state index contributed by atoms with van der Waals surface area (Å²) in [6.45, 7) is 5.70. The van der Waals surface area contributed by atoms with E-state index in [0.717, 1.165) is 5.88 Å². The number of halogens is 1. The van der Waals surface area contributed by atoms with E-state index < -0.39 is 0 Å². The van der Waals surface area contributed by atoms with Crippen LogP contribution in [0, 0.1) is 0 Å². The Balaban J connectivity index is 2.44. The minimum Gasteiger partial charge on any atom is -0.295 e. The molecule has 0 aliphatic carbocycles. The van der Waals surface area contributed by atoms with E-state index in [1.807, 2.05) is 11.8 Å². The van der Waals surface area contributed by atoms with Crippen LogP contribution in [-0.2, 0) is 0 Å². The number of hydrogen-bond acceptors (Lipinski definition) is 2. The number of rotatable bonds is 2. The lowest BCUT2D eigenvalue weighted by Gasteiger charge is -2.37. The number of hydrogen-bond donors (Lipinski definition) is 0. The zero-order valence-electron chi connectivity index (χ0n) is 7.22. The van der Waals surface area contributed by atoms with Crippen LogP contribution in [0.15, 0.2) is 0 Å². The Morgan fingerprint density at radius 3 is 2.82 bits per heavy atom. The quantitative estimate of drug-likeness (QED) is 0.618. The highest BCUT2D eigenvalue weighted by Gasteiger charge is 2.23. The minimum absolute atomic E-state index is 0.607. The molecule has 0 amide bonds. The van der Waals surface area contributed by atoms with Crippen molar-refractivity contribution in [3.05, 3.63) is 0 Å². The average Bonchev–Trinajstić information content (AvgIpc) is 2.04. The Morgan fingerprint density at radius 2 is 2.36 bits per heavy atom. The molecule has 0 aromatic rings. The molecule has 1 heterocycles. The third-order valence-electron chi connectivity index (χ3n) is 2.11. The molecule has 1 fully saturated rings. The van der Waals surface area contributed by atoms with Gasteiger partial charge < -0.3 is 0 Å². The Bertz CT molecular complexity index is 119. The molecule has 0 aromatic carbocycles. The summed E-state index contributed by atoms with van der Waals surface area (Å²) in [6.07, 6.45) is 0. The van der Waals surface area contributed by atoms with Crippen molar-refractivity contribution in [3.8, 4) is 0 Å². The number of thioether (sulfide) groups is 1. The SMILES string of the molecule is CC(C)N1CCSCC1CCl. The molecule has 0 saturated carbocycles. The Hall–Kier alpha value is 0.600. The third kappa shape index (κ3) is 2.53. The molecule has 1 atom stereocenters. The first-order chi connectivity index (χ1) is 5.25. The van der Waals surface area contributed by atoms with Crippen LogP contribution in [-0.4, -0.2) is 40.9 Å². The van der Waals surface area contributed by atoms with Crippen molar-refractivity contribution in [1.29, 1.82) is 0 Å². The fraction of sp³-hybridized carbons (Fsp3) is 1.00. The predicted molar refractivity (Wildman–Crippen MR) is 53.7 cm³/mol. The molecule has 0 N–H and O–H groups in total. The fourth-order valence-electron chi connectivity index (χ4n) is 1.48. The van der Waals surface area contributed by atoms with Crippen LogP contribution in [0.2, 0.25) is 0 Å². The van der Waals surface area contributed by atoms with Crippen molar-refractivity contribution in [2.75, 3.05) is 23.9 Å². The molecule has 11 heavy (non-hydrogen) atoms. The van der Waals surface area contributed by atoms with Gasteiger partial charge in [0.15, 0.2) is 0 Å². The Morgan fingerprint density at radius 1 is 1.64 bits per heavy atom. The molecule has 66 valence electrons. The summed E-state index contributed by atoms with van der Waals surface area (Å²) in [5.74, 6) is 3.26. The second-order valence-corrected chi connectivity index (χ2v) is 4.67. The van der Waals surface area contributed by atoms with Crippen molar-refractivity contribution in [2.24, 2.45) is 0 Å². The van der Waals surface area contributed by atoms with E-state index in [-0.39, 0.29) is 0 Å². The van der Waals surface area contributed by atoms with Gasteiger partial charge in [0.25, 0.3) is 0 Å². The van der Waals surface area contributed by atoms with E-state index in [2.05, 4.69) is 18.7 Å². The number of nitrogens with zero attached hydrogens (tertiary/aromatic N) is 1. The molecule has 0 aromatic heterocycles. The smallest absolute Gasteiger partial charge is 0.0387 e. The van der Waals surface area contributed by atoms with Crippen molar-refractivity contribution >= 4 is 23.4 Å². The van der Waals surface area contributed by atoms with Crippen molar-refractivity contribution in [3.63, 3.8) is 0 Å². The first-order valence-electron chi connectivity index (χ1n) is 4.15. The molecule has 1 aliphatic rings. The van der Waals surface area contributed by atoms with Gasteiger partial charge in [-0.05, 0) is 13.8 Å². The lowest BCUT2D eigenvalue weighted by molar-refractivity contribution is 0.187. The van der Waals surface area contributed by atoms with E-state index in [0.29, 0.717) is 12.1 Å². The van der Waals surface area contributed by atoms with Crippen LogP contribution < -0.4 is 0 Å². The lowest BCUT2D eigenvalue weighted by Crippen LogP contribution is -2.47. The monoisotopic (exact) mass is 193 g/mol. The van der Waals surface area contributed by atoms with Gasteiger partial charge in [-0.25, -0.2) is 0 Å². The van der Waals surface area contributed by atoms with E-state index >= 15 is 0 Å². The molecule has 1 saturated heterocycles. The Kier molecular flexibility index (Phi) is 4.04. The number of alkyl halides is 1. The van der Waals surface area contributed by atoms with Crippen molar-refractivity contribution in [1.82, 2.24) is 4.90 Å². The summed E-state index contributed by atoms with van der Waals surface area (Å²) in [6, 6.07) is 1.26. The van der Waals surface area contributed by atoms with E-state index in [1.165, 1.54) is 18.1 Å². The molecule has 0 spiro atoms. The Labute approximate surface area is 78.5 Å². The van der Waals surface area contributed by atoms with Gasteiger partial charge >= 0.3 is 0 Å². The van der Waals surface area contributed by atoms with Gasteiger partial charge in [0, 0.05) is 36.0 Å². The summed E-state index contributed by atoms with van der Waals surface area (Å²) in [5.41, 5.74) is 0. The highest BCUT2D eigenvalue weighted by molar-refractivity contribution is 7.99. The van der Waals surface area contributed by atoms with Crippen LogP contribution in [0.1, 0.15) is 13.8 Å². The molecule has 0 radical (unpaired) electrons. The summed E-state index contributed by atoms with van der Waals surface area (Å²) < 4.78 is 0. The van der Waals surface area contributed by atoms with Crippen molar-refractivity contribution < 1.29 is 0 Å². The average molecular weight is 194 g/mol. The van der Waals surface area contributed by atoms with Crippen LogP contribution in [0.4, 0.5) is 0 Å². The van der Waals surface area contributed by atoms with E-state index in [4.69, 9.17) is 11.6 Å². The van der Waals surface area contributed by atoms with Gasteiger partial charge in [0.2, 0.25) is 0 Å². The summed E-state index contributed by atoms with van der Waals surface area (Å²) in [7, 11) is 0. The van der Waals surface area contributed by atoms with Gasteiger partial charge in [-0.15, -0.1) is 11.6 Å². The van der Waals surface area contributed by atoms with Gasteiger partial charge in [0.1, 0.15) is 0 Å². The molecule has 1 rings (SSSR count). The summed E-state index contributed by atoms with van der Waals surface area (Å²) in [4.78, 5) is 2.50. The van der Waals surface area contributed by atoms with Gasteiger partial charge in [-0.2, -0.15) is 11.8 Å². The molecule has 1 nitrogen and oxygen atoms in total. The van der Waals surface area contributed by atoms with Crippen LogP contribution in [0.3, 0.4) is 0 Å². The summed E-state index contributed by atoms with van der Waals surface area (Å²) in [5, 5.41) is 0. The van der Waals surface area contributed by atoms with Crippen molar-refractivity contribution in [2.45, 2.75) is 25.9 Å². The molecule has 1 aliphatic heterocycles. The maximum Gasteiger partial charge on any atom is 0.0387 e. The molecule has 3 heteroatoms. The highest BCUT2D eigenvalue weighted by Crippen LogP contribution is 2.19. The molecular weight excluding hydrogens is 178 g/mol. The normalized spacial score (nSPS) is 27.8. The maximum absolute atomic E-state index is 5.86. The second-order valence-electron chi connectivity index (χ2n) is 3.21. The van der Waals surface area contributed by atoms with Crippen LogP contribution in [0.25, 0.3) is 0 Å². The van der Waals surface area contributed by atoms with Crippen LogP contribution >= 0.6 is 23.4 Å². The van der Waals surface area contributed by atoms with Gasteiger partial charge in [-0.3, -0.25) is 4.90 Å². The standard InChI is InChI=1S/C8H16ClNS/c1-7(2)10-3-4-11-6-8(10)5-9/h7-8H,3-6H2,1-2H3. The third-order valence-corrected chi connectivity index (χ3v) is 3.56. The molecule has 0 bridgehead atoms. The first-order valence-corrected chi connectivity index (χ1v) is 5.84. The summed E-state index contributed by atoms with van der Waals surface area (Å²) >= 11 is 7.89. The zero-order chi connectivity index (χ0) is 8.27. The first kappa shape index (κ1) is 9.69. The maximum atomic E-state index is 5.86. The largest absolute Gasteiger partial charge is 0.295 e. The van der Waals surface area contributed by atoms with Crippen LogP contribution in [0.5, 0.6) is 0 Å². The predicted octanol–water partition coefficient (Wildman–Crippen LogP) is 2.05. The lowest BCUT2D eigenvalue weighted by atomic mass is 10.2. The fourth-order valence-corrected chi connectivity index (χ4v) is 2.98. The van der Waals surface area contributed by atoms with Gasteiger partial charge in [0.05, 0.1) is 0 Å². The van der Waals surface area contributed by atoms with E-state index in [9.17, 15) is 0 Å². The topological polar surface area (TPSA) is 3.24 Å².